The zero-order valence-electron chi connectivity index (χ0n) is 20.7. The highest BCUT2D eigenvalue weighted by atomic mass is 32.2. The minimum Gasteiger partial charge on any atom is -0.218 e. The van der Waals surface area contributed by atoms with Gasteiger partial charge in [-0.05, 0) is 29.3 Å². The molecule has 7 rings (SSSR count). The molecule has 0 aliphatic carbocycles. The Morgan fingerprint density at radius 2 is 0.872 bits per heavy atom. The van der Waals surface area contributed by atoms with Crippen molar-refractivity contribution in [2.24, 2.45) is 0 Å². The molecule has 0 atom stereocenters. The third-order valence-corrected chi connectivity index (χ3v) is 8.74. The van der Waals surface area contributed by atoms with Gasteiger partial charge in [-0.15, -0.1) is 0 Å². The standard InChI is InChI=1S/C33H21N3O2S/c37-39(38)29-17-8-7-16-27(29)28-19-18-25(21-30(28)39)24-14-9-15-26(20-24)33-35-31(22-10-3-1-4-11-22)34-32(36-33)23-12-5-2-6-13-23/h1-21H. The molecular weight excluding hydrogens is 502 g/mol. The Morgan fingerprint density at radius 3 is 1.54 bits per heavy atom. The largest absolute Gasteiger partial charge is 0.218 e. The van der Waals surface area contributed by atoms with Crippen LogP contribution in [0.4, 0.5) is 0 Å². The molecule has 0 unspecified atom stereocenters. The van der Waals surface area contributed by atoms with Gasteiger partial charge in [-0.25, -0.2) is 23.4 Å². The van der Waals surface area contributed by atoms with Gasteiger partial charge in [-0.1, -0.05) is 109 Å². The summed E-state index contributed by atoms with van der Waals surface area (Å²) in [6, 6.07) is 40.3. The number of hydrogen-bond donors (Lipinski definition) is 0. The summed E-state index contributed by atoms with van der Waals surface area (Å²) in [5, 5.41) is 0. The van der Waals surface area contributed by atoms with E-state index < -0.39 is 9.84 Å². The molecule has 39 heavy (non-hydrogen) atoms. The van der Waals surface area contributed by atoms with Crippen LogP contribution in [0.25, 0.3) is 56.4 Å². The van der Waals surface area contributed by atoms with Gasteiger partial charge in [0.15, 0.2) is 17.5 Å². The Morgan fingerprint density at radius 1 is 0.385 bits per heavy atom. The Kier molecular flexibility index (Phi) is 5.42. The number of rotatable bonds is 4. The molecule has 0 amide bonds. The van der Waals surface area contributed by atoms with Gasteiger partial charge in [-0.2, -0.15) is 0 Å². The highest BCUT2D eigenvalue weighted by Crippen LogP contribution is 2.44. The van der Waals surface area contributed by atoms with Gasteiger partial charge in [0.2, 0.25) is 9.84 Å². The first-order valence-corrected chi connectivity index (χ1v) is 14.0. The summed E-state index contributed by atoms with van der Waals surface area (Å²) in [5.74, 6) is 1.73. The fourth-order valence-corrected chi connectivity index (χ4v) is 6.68. The molecule has 1 aliphatic rings. The molecule has 0 saturated heterocycles. The summed E-state index contributed by atoms with van der Waals surface area (Å²) < 4.78 is 26.5. The maximum Gasteiger partial charge on any atom is 0.207 e. The first-order chi connectivity index (χ1) is 19.1. The number of hydrogen-bond acceptors (Lipinski definition) is 5. The van der Waals surface area contributed by atoms with Crippen LogP contribution in [-0.4, -0.2) is 23.4 Å². The van der Waals surface area contributed by atoms with Crippen LogP contribution < -0.4 is 0 Å². The molecule has 1 aliphatic heterocycles. The number of aromatic nitrogens is 3. The molecule has 5 aromatic carbocycles. The second-order valence-electron chi connectivity index (χ2n) is 9.33. The average Bonchev–Trinajstić information content (AvgIpc) is 3.24. The van der Waals surface area contributed by atoms with Gasteiger partial charge < -0.3 is 0 Å². The van der Waals surface area contributed by atoms with E-state index in [1.807, 2.05) is 109 Å². The zero-order valence-corrected chi connectivity index (χ0v) is 21.5. The third-order valence-electron chi connectivity index (χ3n) is 6.89. The molecule has 186 valence electrons. The minimum atomic E-state index is -3.56. The van der Waals surface area contributed by atoms with Crippen LogP contribution >= 0.6 is 0 Å². The smallest absolute Gasteiger partial charge is 0.207 e. The Balaban J connectivity index is 1.35. The van der Waals surface area contributed by atoms with Crippen molar-refractivity contribution >= 4 is 9.84 Å². The van der Waals surface area contributed by atoms with Gasteiger partial charge in [-0.3, -0.25) is 0 Å². The molecule has 0 fully saturated rings. The fourth-order valence-electron chi connectivity index (χ4n) is 4.96. The maximum atomic E-state index is 13.3. The van der Waals surface area contributed by atoms with Crippen molar-refractivity contribution < 1.29 is 8.42 Å². The van der Waals surface area contributed by atoms with E-state index in [2.05, 4.69) is 0 Å². The van der Waals surface area contributed by atoms with E-state index in [1.165, 1.54) is 0 Å². The third kappa shape index (κ3) is 4.02. The lowest BCUT2D eigenvalue weighted by molar-refractivity contribution is 0.598. The maximum absolute atomic E-state index is 13.3. The molecule has 6 heteroatoms. The monoisotopic (exact) mass is 523 g/mol. The van der Waals surface area contributed by atoms with Gasteiger partial charge in [0.05, 0.1) is 9.79 Å². The molecule has 6 aromatic rings. The normalized spacial score (nSPS) is 13.0. The lowest BCUT2D eigenvalue weighted by Gasteiger charge is -2.10. The molecule has 2 heterocycles. The summed E-state index contributed by atoms with van der Waals surface area (Å²) in [7, 11) is -3.56. The topological polar surface area (TPSA) is 72.8 Å². The van der Waals surface area contributed by atoms with Crippen LogP contribution in [0.1, 0.15) is 0 Å². The highest BCUT2D eigenvalue weighted by molar-refractivity contribution is 7.92. The Labute approximate surface area is 226 Å². The second-order valence-corrected chi connectivity index (χ2v) is 11.2. The second kappa shape index (κ2) is 9.11. The molecule has 0 saturated carbocycles. The highest BCUT2D eigenvalue weighted by Gasteiger charge is 2.32. The Bertz CT molecular complexity index is 1910. The van der Waals surface area contributed by atoms with Crippen LogP contribution in [0, 0.1) is 0 Å². The van der Waals surface area contributed by atoms with Gasteiger partial charge in [0.25, 0.3) is 0 Å². The minimum absolute atomic E-state index is 0.337. The van der Waals surface area contributed by atoms with Crippen LogP contribution in [0.15, 0.2) is 137 Å². The van der Waals surface area contributed by atoms with Crippen molar-refractivity contribution in [2.45, 2.75) is 9.79 Å². The van der Waals surface area contributed by atoms with Gasteiger partial charge in [0.1, 0.15) is 0 Å². The van der Waals surface area contributed by atoms with Crippen molar-refractivity contribution in [3.63, 3.8) is 0 Å². The van der Waals surface area contributed by atoms with Crippen molar-refractivity contribution in [3.8, 4) is 56.4 Å². The summed E-state index contributed by atoms with van der Waals surface area (Å²) in [5.41, 5.74) is 5.80. The predicted molar refractivity (Wildman–Crippen MR) is 152 cm³/mol. The number of benzene rings is 5. The molecule has 5 nitrogen and oxygen atoms in total. The van der Waals surface area contributed by atoms with E-state index in [-0.39, 0.29) is 0 Å². The van der Waals surface area contributed by atoms with Crippen molar-refractivity contribution in [3.05, 3.63) is 127 Å². The Hall–Kier alpha value is -4.94. The van der Waals surface area contributed by atoms with Crippen molar-refractivity contribution in [1.82, 2.24) is 15.0 Å². The summed E-state index contributed by atoms with van der Waals surface area (Å²) in [6.45, 7) is 0. The predicted octanol–water partition coefficient (Wildman–Crippen LogP) is 7.35. The molecule has 0 N–H and O–H groups in total. The molecule has 0 radical (unpaired) electrons. The van der Waals surface area contributed by atoms with E-state index in [9.17, 15) is 8.42 Å². The lowest BCUT2D eigenvalue weighted by atomic mass is 9.99. The molecule has 1 aromatic heterocycles. The first-order valence-electron chi connectivity index (χ1n) is 12.5. The summed E-state index contributed by atoms with van der Waals surface area (Å²) in [4.78, 5) is 15.1. The van der Waals surface area contributed by atoms with Crippen LogP contribution in [0.5, 0.6) is 0 Å². The number of sulfone groups is 1. The van der Waals surface area contributed by atoms with E-state index in [0.29, 0.717) is 27.3 Å². The van der Waals surface area contributed by atoms with E-state index in [0.717, 1.165) is 38.9 Å². The van der Waals surface area contributed by atoms with Crippen molar-refractivity contribution in [2.75, 3.05) is 0 Å². The zero-order chi connectivity index (χ0) is 26.4. The van der Waals surface area contributed by atoms with Gasteiger partial charge >= 0.3 is 0 Å². The lowest BCUT2D eigenvalue weighted by Crippen LogP contribution is -2.00. The average molecular weight is 524 g/mol. The molecule has 0 spiro atoms. The fraction of sp³-hybridized carbons (Fsp3) is 0. The van der Waals surface area contributed by atoms with E-state index in [1.54, 1.807) is 18.2 Å². The molecule has 0 bridgehead atoms. The van der Waals surface area contributed by atoms with Gasteiger partial charge in [0, 0.05) is 27.8 Å². The van der Waals surface area contributed by atoms with Crippen LogP contribution in [0.2, 0.25) is 0 Å². The van der Waals surface area contributed by atoms with E-state index >= 15 is 0 Å². The van der Waals surface area contributed by atoms with Crippen molar-refractivity contribution in [1.29, 1.82) is 0 Å². The number of fused-ring (bicyclic) bond motifs is 3. The number of nitrogens with zero attached hydrogens (tertiary/aromatic N) is 3. The molecular formula is C33H21N3O2S. The quantitative estimate of drug-likeness (QED) is 0.241. The van der Waals surface area contributed by atoms with Crippen LogP contribution in [-0.2, 0) is 9.84 Å². The van der Waals surface area contributed by atoms with E-state index in [4.69, 9.17) is 15.0 Å². The first kappa shape index (κ1) is 23.2. The summed E-state index contributed by atoms with van der Waals surface area (Å²) in [6.07, 6.45) is 0. The van der Waals surface area contributed by atoms with Crippen LogP contribution in [0.3, 0.4) is 0 Å². The summed E-state index contributed by atoms with van der Waals surface area (Å²) >= 11 is 0. The SMILES string of the molecule is O=S1(=O)c2ccccc2-c2ccc(-c3cccc(-c4nc(-c5ccccc5)nc(-c5ccccc5)n4)c3)cc21.